The molecule has 0 aliphatic carbocycles. The maximum absolute atomic E-state index is 11.9. The summed E-state index contributed by atoms with van der Waals surface area (Å²) in [4.78, 5) is 19.5. The fraction of sp³-hybridized carbons (Fsp3) is 0.400. The second-order valence-corrected chi connectivity index (χ2v) is 7.40. The van der Waals surface area contributed by atoms with Crippen LogP contribution in [0.25, 0.3) is 0 Å². The number of halogens is 1. The van der Waals surface area contributed by atoms with Crippen molar-refractivity contribution >= 4 is 47.2 Å². The van der Waals surface area contributed by atoms with Crippen LogP contribution in [0, 0.1) is 0 Å². The molecule has 3 rings (SSSR count). The summed E-state index contributed by atoms with van der Waals surface area (Å²) in [6.07, 6.45) is 2.65. The Hall–Kier alpha value is -1.61. The lowest BCUT2D eigenvalue weighted by atomic mass is 10.1. The van der Waals surface area contributed by atoms with Crippen LogP contribution in [0.1, 0.15) is 28.8 Å². The predicted molar refractivity (Wildman–Crippen MR) is 123 cm³/mol. The molecular formula is C20H27IN4OS. The number of hydrogen-bond acceptors (Lipinski definition) is 3. The number of hydrogen-bond donors (Lipinski definition) is 2. The van der Waals surface area contributed by atoms with Crippen molar-refractivity contribution in [3.05, 3.63) is 57.8 Å². The Morgan fingerprint density at radius 2 is 2.00 bits per heavy atom. The van der Waals surface area contributed by atoms with Crippen LogP contribution in [0.2, 0.25) is 0 Å². The highest BCUT2D eigenvalue weighted by Crippen LogP contribution is 2.17. The Kier molecular flexibility index (Phi) is 9.06. The number of thiophene rings is 1. The number of aliphatic imine (C=N–C) groups is 1. The van der Waals surface area contributed by atoms with E-state index in [0.717, 1.165) is 31.9 Å². The van der Waals surface area contributed by atoms with Gasteiger partial charge in [0.2, 0.25) is 5.91 Å². The van der Waals surface area contributed by atoms with Crippen LogP contribution in [0.3, 0.4) is 0 Å². The maximum atomic E-state index is 11.9. The molecule has 2 N–H and O–H groups in total. The summed E-state index contributed by atoms with van der Waals surface area (Å²) in [5.41, 5.74) is 2.40. The molecule has 0 unspecified atom stereocenters. The molecular weight excluding hydrogens is 471 g/mol. The monoisotopic (exact) mass is 498 g/mol. The fourth-order valence-corrected chi connectivity index (χ4v) is 3.83. The summed E-state index contributed by atoms with van der Waals surface area (Å²) >= 11 is 1.78. The van der Waals surface area contributed by atoms with Crippen LogP contribution in [0.15, 0.2) is 46.8 Å². The quantitative estimate of drug-likeness (QED) is 0.350. The van der Waals surface area contributed by atoms with Crippen LogP contribution in [0.5, 0.6) is 0 Å². The van der Waals surface area contributed by atoms with Crippen molar-refractivity contribution < 1.29 is 4.79 Å². The number of carbonyl (C=O) groups excluding carboxylic acids is 1. The highest BCUT2D eigenvalue weighted by Gasteiger charge is 2.20. The van der Waals surface area contributed by atoms with E-state index in [1.807, 2.05) is 17.0 Å². The van der Waals surface area contributed by atoms with Crippen molar-refractivity contribution in [2.45, 2.75) is 32.4 Å². The molecule has 0 spiro atoms. The summed E-state index contributed by atoms with van der Waals surface area (Å²) in [6.45, 7) is 3.11. The molecule has 1 aliphatic rings. The van der Waals surface area contributed by atoms with Crippen LogP contribution in [-0.2, 0) is 24.3 Å². The van der Waals surface area contributed by atoms with E-state index in [-0.39, 0.29) is 29.9 Å². The molecule has 1 aromatic carbocycles. The van der Waals surface area contributed by atoms with E-state index in [4.69, 9.17) is 0 Å². The second kappa shape index (κ2) is 11.3. The average molecular weight is 498 g/mol. The van der Waals surface area contributed by atoms with Gasteiger partial charge in [0.15, 0.2) is 5.96 Å². The van der Waals surface area contributed by atoms with Crippen LogP contribution < -0.4 is 10.6 Å². The Balaban J connectivity index is 0.00000261. The van der Waals surface area contributed by atoms with E-state index in [9.17, 15) is 4.79 Å². The van der Waals surface area contributed by atoms with Gasteiger partial charge in [-0.15, -0.1) is 35.3 Å². The van der Waals surface area contributed by atoms with Crippen LogP contribution >= 0.6 is 35.3 Å². The third-order valence-electron chi connectivity index (χ3n) is 4.56. The van der Waals surface area contributed by atoms with Gasteiger partial charge in [-0.25, -0.2) is 0 Å². The molecule has 27 heavy (non-hydrogen) atoms. The van der Waals surface area contributed by atoms with Gasteiger partial charge in [0, 0.05) is 44.5 Å². The minimum Gasteiger partial charge on any atom is -0.356 e. The maximum Gasteiger partial charge on any atom is 0.222 e. The lowest BCUT2D eigenvalue weighted by molar-refractivity contribution is -0.128. The molecule has 0 radical (unpaired) electrons. The Morgan fingerprint density at radius 1 is 1.19 bits per heavy atom. The van der Waals surface area contributed by atoms with Gasteiger partial charge in [0.05, 0.1) is 0 Å². The lowest BCUT2D eigenvalue weighted by Gasteiger charge is -2.19. The van der Waals surface area contributed by atoms with Crippen molar-refractivity contribution in [3.8, 4) is 0 Å². The van der Waals surface area contributed by atoms with E-state index in [1.54, 1.807) is 18.4 Å². The molecule has 0 saturated carbocycles. The number of likely N-dealkylation sites (tertiary alicyclic amines) is 1. The molecule has 1 amide bonds. The van der Waals surface area contributed by atoms with Crippen LogP contribution in [0.4, 0.5) is 0 Å². The largest absolute Gasteiger partial charge is 0.356 e. The molecule has 2 aromatic rings. The van der Waals surface area contributed by atoms with E-state index in [2.05, 4.69) is 45.3 Å². The first kappa shape index (κ1) is 21.7. The molecule has 0 bridgehead atoms. The van der Waals surface area contributed by atoms with E-state index >= 15 is 0 Å². The van der Waals surface area contributed by atoms with Gasteiger partial charge in [-0.2, -0.15) is 0 Å². The molecule has 1 aromatic heterocycles. The summed E-state index contributed by atoms with van der Waals surface area (Å²) in [6, 6.07) is 12.5. The zero-order chi connectivity index (χ0) is 18.2. The molecule has 1 aliphatic heterocycles. The average Bonchev–Trinajstić information content (AvgIpc) is 3.31. The first-order chi connectivity index (χ1) is 12.8. The number of rotatable bonds is 7. The molecule has 1 fully saturated rings. The number of nitrogens with one attached hydrogen (secondary N) is 2. The van der Waals surface area contributed by atoms with Crippen molar-refractivity contribution in [2.24, 2.45) is 4.99 Å². The summed E-state index contributed by atoms with van der Waals surface area (Å²) in [5, 5.41) is 8.84. The minimum absolute atomic E-state index is 0. The second-order valence-electron chi connectivity index (χ2n) is 6.37. The van der Waals surface area contributed by atoms with E-state index in [0.29, 0.717) is 19.5 Å². The smallest absolute Gasteiger partial charge is 0.222 e. The van der Waals surface area contributed by atoms with Gasteiger partial charge in [0.1, 0.15) is 0 Å². The zero-order valence-electron chi connectivity index (χ0n) is 15.6. The molecule has 2 heterocycles. The Bertz CT molecular complexity index is 748. The number of nitrogens with zero attached hydrogens (tertiary/aromatic N) is 2. The van der Waals surface area contributed by atoms with Crippen molar-refractivity contribution in [2.75, 3.05) is 20.1 Å². The number of benzene rings is 1. The van der Waals surface area contributed by atoms with Gasteiger partial charge < -0.3 is 15.5 Å². The summed E-state index contributed by atoms with van der Waals surface area (Å²) in [5.74, 6) is 1.06. The fourth-order valence-electron chi connectivity index (χ4n) is 3.12. The van der Waals surface area contributed by atoms with Gasteiger partial charge in [-0.05, 0) is 35.4 Å². The molecule has 7 heteroatoms. The van der Waals surface area contributed by atoms with Crippen molar-refractivity contribution in [1.29, 1.82) is 0 Å². The standard InChI is InChI=1S/C20H26N4OS.HI/c1-21-20(22-11-10-18-8-5-13-26-18)23-14-16-6-2-3-7-17(16)15-24-12-4-9-19(24)25;/h2-3,5-8,13H,4,9-12,14-15H2,1H3,(H2,21,22,23);1H. The normalized spacial score (nSPS) is 14.2. The van der Waals surface area contributed by atoms with Crippen molar-refractivity contribution in [1.82, 2.24) is 15.5 Å². The highest BCUT2D eigenvalue weighted by molar-refractivity contribution is 14.0. The van der Waals surface area contributed by atoms with Gasteiger partial charge in [-0.1, -0.05) is 30.3 Å². The van der Waals surface area contributed by atoms with Crippen LogP contribution in [-0.4, -0.2) is 36.9 Å². The highest BCUT2D eigenvalue weighted by atomic mass is 127. The lowest BCUT2D eigenvalue weighted by Crippen LogP contribution is -2.38. The molecule has 146 valence electrons. The van der Waals surface area contributed by atoms with Gasteiger partial charge >= 0.3 is 0 Å². The minimum atomic E-state index is 0. The molecule has 0 atom stereocenters. The van der Waals surface area contributed by atoms with E-state index < -0.39 is 0 Å². The summed E-state index contributed by atoms with van der Waals surface area (Å²) in [7, 11) is 1.79. The predicted octanol–water partition coefficient (Wildman–Crippen LogP) is 3.40. The SMILES string of the molecule is CN=C(NCCc1cccs1)NCc1ccccc1CN1CCCC1=O.I. The number of carbonyl (C=O) groups is 1. The first-order valence-electron chi connectivity index (χ1n) is 9.07. The van der Waals surface area contributed by atoms with E-state index in [1.165, 1.54) is 16.0 Å². The Labute approximate surface area is 182 Å². The Morgan fingerprint density at radius 3 is 2.67 bits per heavy atom. The summed E-state index contributed by atoms with van der Waals surface area (Å²) < 4.78 is 0. The van der Waals surface area contributed by atoms with Gasteiger partial charge in [0.25, 0.3) is 0 Å². The first-order valence-corrected chi connectivity index (χ1v) is 9.95. The number of guanidine groups is 1. The zero-order valence-corrected chi connectivity index (χ0v) is 18.8. The third kappa shape index (κ3) is 6.49. The molecule has 1 saturated heterocycles. The molecule has 5 nitrogen and oxygen atoms in total. The number of amides is 1. The van der Waals surface area contributed by atoms with Gasteiger partial charge in [-0.3, -0.25) is 9.79 Å². The van der Waals surface area contributed by atoms with Crippen molar-refractivity contribution in [3.63, 3.8) is 0 Å². The third-order valence-corrected chi connectivity index (χ3v) is 5.50. The topological polar surface area (TPSA) is 56.7 Å².